The Hall–Kier alpha value is -0.0800. The third kappa shape index (κ3) is 5.53. The van der Waals surface area contributed by atoms with Gasteiger partial charge in [0.1, 0.15) is 0 Å². The van der Waals surface area contributed by atoms with E-state index in [-0.39, 0.29) is 0 Å². The fourth-order valence-corrected chi connectivity index (χ4v) is 2.40. The molecule has 0 aromatic heterocycles. The SMILES string of the molecule is CC(C)NCCCNCC1(C)CCCC1. The fraction of sp³-hybridized carbons (Fsp3) is 1.00. The van der Waals surface area contributed by atoms with Crippen molar-refractivity contribution in [1.82, 2.24) is 10.6 Å². The van der Waals surface area contributed by atoms with Gasteiger partial charge in [-0.1, -0.05) is 33.6 Å². The average molecular weight is 212 g/mol. The summed E-state index contributed by atoms with van der Waals surface area (Å²) in [7, 11) is 0. The first-order valence-corrected chi connectivity index (χ1v) is 6.56. The lowest BCUT2D eigenvalue weighted by atomic mass is 9.89. The second-order valence-corrected chi connectivity index (χ2v) is 5.66. The zero-order valence-corrected chi connectivity index (χ0v) is 10.7. The molecule has 15 heavy (non-hydrogen) atoms. The first-order valence-electron chi connectivity index (χ1n) is 6.56. The highest BCUT2D eigenvalue weighted by Gasteiger charge is 2.27. The first kappa shape index (κ1) is 13.0. The van der Waals surface area contributed by atoms with Gasteiger partial charge in [0.2, 0.25) is 0 Å². The summed E-state index contributed by atoms with van der Waals surface area (Å²) in [5, 5.41) is 7.04. The number of rotatable bonds is 7. The maximum absolute atomic E-state index is 3.60. The molecule has 0 bridgehead atoms. The Morgan fingerprint density at radius 3 is 2.40 bits per heavy atom. The molecule has 0 amide bonds. The van der Waals surface area contributed by atoms with E-state index in [1.54, 1.807) is 0 Å². The lowest BCUT2D eigenvalue weighted by Gasteiger charge is -2.23. The Balaban J connectivity index is 1.92. The zero-order valence-electron chi connectivity index (χ0n) is 10.7. The van der Waals surface area contributed by atoms with Gasteiger partial charge in [0.05, 0.1) is 0 Å². The molecule has 2 heteroatoms. The van der Waals surface area contributed by atoms with Gasteiger partial charge in [-0.25, -0.2) is 0 Å². The van der Waals surface area contributed by atoms with E-state index in [2.05, 4.69) is 31.4 Å². The van der Waals surface area contributed by atoms with Crippen molar-refractivity contribution in [2.24, 2.45) is 5.41 Å². The van der Waals surface area contributed by atoms with Crippen molar-refractivity contribution in [2.75, 3.05) is 19.6 Å². The van der Waals surface area contributed by atoms with Crippen LogP contribution in [0.25, 0.3) is 0 Å². The summed E-state index contributed by atoms with van der Waals surface area (Å²) in [5.74, 6) is 0. The molecule has 2 N–H and O–H groups in total. The molecule has 0 heterocycles. The van der Waals surface area contributed by atoms with E-state index in [0.717, 1.165) is 13.1 Å². The van der Waals surface area contributed by atoms with E-state index in [4.69, 9.17) is 0 Å². The molecule has 0 aromatic rings. The molecule has 0 unspecified atom stereocenters. The molecular weight excluding hydrogens is 184 g/mol. The molecule has 90 valence electrons. The van der Waals surface area contributed by atoms with Crippen LogP contribution in [0.5, 0.6) is 0 Å². The molecule has 1 rings (SSSR count). The summed E-state index contributed by atoms with van der Waals surface area (Å²) in [6, 6.07) is 0.623. The van der Waals surface area contributed by atoms with Gasteiger partial charge >= 0.3 is 0 Å². The van der Waals surface area contributed by atoms with E-state index in [1.807, 2.05) is 0 Å². The summed E-state index contributed by atoms with van der Waals surface area (Å²) in [4.78, 5) is 0. The maximum atomic E-state index is 3.60. The Labute approximate surface area is 95.2 Å². The van der Waals surface area contributed by atoms with Crippen LogP contribution in [0.2, 0.25) is 0 Å². The van der Waals surface area contributed by atoms with E-state index >= 15 is 0 Å². The minimum atomic E-state index is 0.603. The largest absolute Gasteiger partial charge is 0.316 e. The summed E-state index contributed by atoms with van der Waals surface area (Å²) < 4.78 is 0. The summed E-state index contributed by atoms with van der Waals surface area (Å²) in [6.45, 7) is 10.4. The molecule has 0 atom stereocenters. The van der Waals surface area contributed by atoms with Crippen LogP contribution in [0.3, 0.4) is 0 Å². The number of nitrogens with one attached hydrogen (secondary N) is 2. The van der Waals surface area contributed by atoms with Crippen LogP contribution in [-0.2, 0) is 0 Å². The quantitative estimate of drug-likeness (QED) is 0.634. The lowest BCUT2D eigenvalue weighted by molar-refractivity contribution is 0.314. The Bertz CT molecular complexity index is 160. The van der Waals surface area contributed by atoms with Gasteiger partial charge < -0.3 is 10.6 Å². The topological polar surface area (TPSA) is 24.1 Å². The summed E-state index contributed by atoms with van der Waals surface area (Å²) in [5.41, 5.74) is 0.603. The monoisotopic (exact) mass is 212 g/mol. The molecular formula is C13H28N2. The van der Waals surface area contributed by atoms with Crippen molar-refractivity contribution in [2.45, 2.75) is 58.9 Å². The normalized spacial score (nSPS) is 20.0. The van der Waals surface area contributed by atoms with Crippen molar-refractivity contribution < 1.29 is 0 Å². The van der Waals surface area contributed by atoms with Crippen molar-refractivity contribution in [3.05, 3.63) is 0 Å². The summed E-state index contributed by atoms with van der Waals surface area (Å²) >= 11 is 0. The van der Waals surface area contributed by atoms with E-state index in [0.29, 0.717) is 11.5 Å². The van der Waals surface area contributed by atoms with Gasteiger partial charge in [-0.05, 0) is 37.8 Å². The van der Waals surface area contributed by atoms with Gasteiger partial charge in [0.25, 0.3) is 0 Å². The second kappa shape index (κ2) is 6.49. The zero-order chi connectivity index (χ0) is 11.1. The molecule has 0 spiro atoms. The predicted molar refractivity (Wildman–Crippen MR) is 67.2 cm³/mol. The molecule has 1 aliphatic carbocycles. The van der Waals surface area contributed by atoms with Crippen LogP contribution in [0.15, 0.2) is 0 Å². The second-order valence-electron chi connectivity index (χ2n) is 5.66. The van der Waals surface area contributed by atoms with Crippen molar-refractivity contribution >= 4 is 0 Å². The van der Waals surface area contributed by atoms with Crippen molar-refractivity contribution in [3.63, 3.8) is 0 Å². The van der Waals surface area contributed by atoms with Crippen LogP contribution in [-0.4, -0.2) is 25.7 Å². The van der Waals surface area contributed by atoms with Crippen LogP contribution < -0.4 is 10.6 Å². The van der Waals surface area contributed by atoms with E-state index < -0.39 is 0 Å². The van der Waals surface area contributed by atoms with Crippen LogP contribution in [0.4, 0.5) is 0 Å². The third-order valence-corrected chi connectivity index (χ3v) is 3.45. The molecule has 0 radical (unpaired) electrons. The highest BCUT2D eigenvalue weighted by atomic mass is 14.9. The van der Waals surface area contributed by atoms with E-state index in [9.17, 15) is 0 Å². The van der Waals surface area contributed by atoms with Gasteiger partial charge in [-0.15, -0.1) is 0 Å². The maximum Gasteiger partial charge on any atom is 0.00103 e. The molecule has 0 aliphatic heterocycles. The van der Waals surface area contributed by atoms with Gasteiger partial charge in [0, 0.05) is 12.6 Å². The highest BCUT2D eigenvalue weighted by Crippen LogP contribution is 2.36. The molecule has 1 aliphatic rings. The molecule has 1 fully saturated rings. The van der Waals surface area contributed by atoms with Crippen molar-refractivity contribution in [1.29, 1.82) is 0 Å². The van der Waals surface area contributed by atoms with Crippen LogP contribution >= 0.6 is 0 Å². The van der Waals surface area contributed by atoms with Crippen LogP contribution in [0.1, 0.15) is 52.9 Å². The third-order valence-electron chi connectivity index (χ3n) is 3.45. The fourth-order valence-electron chi connectivity index (χ4n) is 2.40. The standard InChI is InChI=1S/C13H28N2/c1-12(2)15-10-6-9-14-11-13(3)7-4-5-8-13/h12,14-15H,4-11H2,1-3H3. The summed E-state index contributed by atoms with van der Waals surface area (Å²) in [6.07, 6.45) is 6.96. The van der Waals surface area contributed by atoms with E-state index in [1.165, 1.54) is 38.6 Å². The minimum Gasteiger partial charge on any atom is -0.316 e. The van der Waals surface area contributed by atoms with Gasteiger partial charge in [-0.2, -0.15) is 0 Å². The first-order chi connectivity index (χ1) is 7.12. The van der Waals surface area contributed by atoms with Gasteiger partial charge in [0.15, 0.2) is 0 Å². The predicted octanol–water partition coefficient (Wildman–Crippen LogP) is 2.54. The molecule has 0 aromatic carbocycles. The minimum absolute atomic E-state index is 0.603. The molecule has 2 nitrogen and oxygen atoms in total. The van der Waals surface area contributed by atoms with Crippen LogP contribution in [0, 0.1) is 5.41 Å². The lowest BCUT2D eigenvalue weighted by Crippen LogP contribution is -2.32. The molecule has 1 saturated carbocycles. The van der Waals surface area contributed by atoms with Crippen molar-refractivity contribution in [3.8, 4) is 0 Å². The average Bonchev–Trinajstić information content (AvgIpc) is 2.58. The Morgan fingerprint density at radius 2 is 1.80 bits per heavy atom. The Morgan fingerprint density at radius 1 is 1.13 bits per heavy atom. The molecule has 0 saturated heterocycles. The number of hydrogen-bond donors (Lipinski definition) is 2. The highest BCUT2D eigenvalue weighted by molar-refractivity contribution is 4.82. The number of hydrogen-bond acceptors (Lipinski definition) is 2. The smallest absolute Gasteiger partial charge is 0.00103 e. The van der Waals surface area contributed by atoms with Gasteiger partial charge in [-0.3, -0.25) is 0 Å². The Kier molecular flexibility index (Phi) is 5.62.